The number of hydrazone groups is 1. The van der Waals surface area contributed by atoms with Crippen LogP contribution < -0.4 is 10.7 Å². The van der Waals surface area contributed by atoms with Crippen LogP contribution in [0, 0.1) is 6.92 Å². The van der Waals surface area contributed by atoms with Crippen LogP contribution in [0.2, 0.25) is 0 Å². The summed E-state index contributed by atoms with van der Waals surface area (Å²) in [5.41, 5.74) is 8.59. The van der Waals surface area contributed by atoms with Gasteiger partial charge in [0.25, 0.3) is 5.91 Å². The van der Waals surface area contributed by atoms with E-state index in [2.05, 4.69) is 33.8 Å². The summed E-state index contributed by atoms with van der Waals surface area (Å²) in [6.07, 6.45) is 1.66. The summed E-state index contributed by atoms with van der Waals surface area (Å²) < 4.78 is 0. The van der Waals surface area contributed by atoms with Crippen molar-refractivity contribution in [3.63, 3.8) is 0 Å². The van der Waals surface area contributed by atoms with Gasteiger partial charge in [0.15, 0.2) is 0 Å². The molecule has 0 spiro atoms. The van der Waals surface area contributed by atoms with Gasteiger partial charge in [-0.05, 0) is 36.2 Å². The summed E-state index contributed by atoms with van der Waals surface area (Å²) >= 11 is 0. The quantitative estimate of drug-likeness (QED) is 0.324. The van der Waals surface area contributed by atoms with Crippen molar-refractivity contribution < 1.29 is 9.59 Å². The molecule has 6 nitrogen and oxygen atoms in total. The third-order valence-electron chi connectivity index (χ3n) is 4.95. The fraction of sp³-hybridized carbons (Fsp3) is 0.0800. The van der Waals surface area contributed by atoms with E-state index in [0.717, 1.165) is 33.3 Å². The van der Waals surface area contributed by atoms with Crippen molar-refractivity contribution in [3.05, 3.63) is 89.5 Å². The maximum absolute atomic E-state index is 12.5. The first-order chi connectivity index (χ1) is 15.0. The highest BCUT2D eigenvalue weighted by atomic mass is 16.2. The van der Waals surface area contributed by atoms with Gasteiger partial charge in [-0.1, -0.05) is 54.6 Å². The van der Waals surface area contributed by atoms with Gasteiger partial charge in [-0.2, -0.15) is 5.10 Å². The van der Waals surface area contributed by atoms with E-state index in [-0.39, 0.29) is 11.8 Å². The second-order valence-electron chi connectivity index (χ2n) is 7.24. The minimum Gasteiger partial charge on any atom is -0.354 e. The molecule has 4 rings (SSSR count). The predicted molar refractivity (Wildman–Crippen MR) is 124 cm³/mol. The molecular weight excluding hydrogens is 388 g/mol. The van der Waals surface area contributed by atoms with Crippen LogP contribution in [0.15, 0.2) is 77.9 Å². The van der Waals surface area contributed by atoms with Crippen LogP contribution in [0.1, 0.15) is 28.4 Å². The number of anilines is 1. The minimum atomic E-state index is -0.360. The fourth-order valence-corrected chi connectivity index (χ4v) is 3.51. The molecule has 3 N–H and O–H groups in total. The number of aromatic nitrogens is 1. The van der Waals surface area contributed by atoms with Gasteiger partial charge in [-0.15, -0.1) is 0 Å². The molecule has 3 aromatic carbocycles. The first-order valence-electron chi connectivity index (χ1n) is 9.90. The molecule has 0 aliphatic heterocycles. The zero-order valence-electron chi connectivity index (χ0n) is 17.3. The van der Waals surface area contributed by atoms with Gasteiger partial charge in [0.05, 0.1) is 11.9 Å². The zero-order valence-corrected chi connectivity index (χ0v) is 17.3. The molecule has 0 saturated carbocycles. The van der Waals surface area contributed by atoms with Gasteiger partial charge in [0, 0.05) is 34.6 Å². The van der Waals surface area contributed by atoms with Gasteiger partial charge in [-0.25, -0.2) is 5.43 Å². The molecule has 0 bridgehead atoms. The van der Waals surface area contributed by atoms with E-state index < -0.39 is 0 Å². The average molecular weight is 410 g/mol. The Kier molecular flexibility index (Phi) is 5.62. The number of carbonyl (C=O) groups excluding carboxylic acids is 2. The Morgan fingerprint density at radius 3 is 2.52 bits per heavy atom. The Bertz CT molecular complexity index is 1290. The summed E-state index contributed by atoms with van der Waals surface area (Å²) in [6, 6.07) is 22.8. The van der Waals surface area contributed by atoms with Crippen LogP contribution in [0.4, 0.5) is 5.69 Å². The largest absolute Gasteiger partial charge is 0.354 e. The maximum Gasteiger partial charge on any atom is 0.271 e. The second kappa shape index (κ2) is 8.67. The molecule has 0 aliphatic rings. The number of nitrogens with zero attached hydrogens (tertiary/aromatic N) is 1. The van der Waals surface area contributed by atoms with Crippen LogP contribution in [0.25, 0.3) is 22.2 Å². The zero-order chi connectivity index (χ0) is 21.8. The number of rotatable bonds is 5. The molecule has 154 valence electrons. The predicted octanol–water partition coefficient (Wildman–Crippen LogP) is 4.87. The van der Waals surface area contributed by atoms with Gasteiger partial charge in [-0.3, -0.25) is 9.59 Å². The van der Waals surface area contributed by atoms with E-state index in [9.17, 15) is 9.59 Å². The molecule has 0 radical (unpaired) electrons. The van der Waals surface area contributed by atoms with Crippen molar-refractivity contribution in [2.45, 2.75) is 13.8 Å². The normalized spacial score (nSPS) is 11.0. The lowest BCUT2D eigenvalue weighted by Gasteiger charge is -2.05. The number of hydrogen-bond acceptors (Lipinski definition) is 3. The van der Waals surface area contributed by atoms with Crippen LogP contribution in [-0.2, 0) is 4.79 Å². The fourth-order valence-electron chi connectivity index (χ4n) is 3.51. The smallest absolute Gasteiger partial charge is 0.271 e. The molecule has 0 atom stereocenters. The lowest BCUT2D eigenvalue weighted by atomic mass is 10.1. The second-order valence-corrected chi connectivity index (χ2v) is 7.24. The summed E-state index contributed by atoms with van der Waals surface area (Å²) in [5.74, 6) is -0.556. The number of benzene rings is 3. The molecule has 0 fully saturated rings. The van der Waals surface area contributed by atoms with Gasteiger partial charge >= 0.3 is 0 Å². The molecule has 2 amide bonds. The SMILES string of the molecule is CC(=O)Nc1cccc(C(=O)N/N=C/c2c(-c3ccccc3)[nH]c3c(C)cccc23)c1. The van der Waals surface area contributed by atoms with Crippen LogP contribution >= 0.6 is 0 Å². The lowest BCUT2D eigenvalue weighted by molar-refractivity contribution is -0.114. The highest BCUT2D eigenvalue weighted by Crippen LogP contribution is 2.30. The molecule has 31 heavy (non-hydrogen) atoms. The Morgan fingerprint density at radius 1 is 0.968 bits per heavy atom. The Morgan fingerprint density at radius 2 is 1.74 bits per heavy atom. The maximum atomic E-state index is 12.5. The molecule has 4 aromatic rings. The minimum absolute atomic E-state index is 0.196. The lowest BCUT2D eigenvalue weighted by Crippen LogP contribution is -2.18. The van der Waals surface area contributed by atoms with Gasteiger partial charge < -0.3 is 10.3 Å². The number of amides is 2. The van der Waals surface area contributed by atoms with Crippen molar-refractivity contribution in [3.8, 4) is 11.3 Å². The monoisotopic (exact) mass is 410 g/mol. The standard InChI is InChI=1S/C25H22N4O2/c1-16-8-6-13-21-22(24(28-23(16)21)18-9-4-3-5-10-18)15-26-29-25(31)19-11-7-12-20(14-19)27-17(2)30/h3-15,28H,1-2H3,(H,27,30)(H,29,31)/b26-15+. The Balaban J connectivity index is 1.63. The first kappa shape index (κ1) is 20.1. The van der Waals surface area contributed by atoms with Gasteiger partial charge in [0.2, 0.25) is 5.91 Å². The van der Waals surface area contributed by atoms with E-state index >= 15 is 0 Å². The summed E-state index contributed by atoms with van der Waals surface area (Å²) in [6.45, 7) is 3.47. The third kappa shape index (κ3) is 4.38. The summed E-state index contributed by atoms with van der Waals surface area (Å²) in [7, 11) is 0. The highest BCUT2D eigenvalue weighted by molar-refractivity contribution is 6.07. The molecule has 1 heterocycles. The Hall–Kier alpha value is -4.19. The van der Waals surface area contributed by atoms with Crippen molar-refractivity contribution >= 4 is 34.6 Å². The van der Waals surface area contributed by atoms with E-state index in [0.29, 0.717) is 11.3 Å². The number of hydrogen-bond donors (Lipinski definition) is 3. The van der Waals surface area contributed by atoms with Gasteiger partial charge in [0.1, 0.15) is 0 Å². The molecule has 0 aliphatic carbocycles. The van der Waals surface area contributed by atoms with E-state index in [1.807, 2.05) is 42.5 Å². The highest BCUT2D eigenvalue weighted by Gasteiger charge is 2.13. The number of aromatic amines is 1. The van der Waals surface area contributed by atoms with Crippen molar-refractivity contribution in [2.75, 3.05) is 5.32 Å². The number of nitrogens with one attached hydrogen (secondary N) is 3. The molecular formula is C25H22N4O2. The topological polar surface area (TPSA) is 86.3 Å². The number of H-pyrrole nitrogens is 1. The first-order valence-corrected chi connectivity index (χ1v) is 9.90. The number of aryl methyl sites for hydroxylation is 1. The molecule has 0 unspecified atom stereocenters. The van der Waals surface area contributed by atoms with Crippen molar-refractivity contribution in [2.24, 2.45) is 5.10 Å². The Labute approximate surface area is 180 Å². The number of carbonyl (C=O) groups is 2. The van der Waals surface area contributed by atoms with Crippen LogP contribution in [0.3, 0.4) is 0 Å². The van der Waals surface area contributed by atoms with Crippen molar-refractivity contribution in [1.29, 1.82) is 0 Å². The van der Waals surface area contributed by atoms with Crippen molar-refractivity contribution in [1.82, 2.24) is 10.4 Å². The summed E-state index contributed by atoms with van der Waals surface area (Å²) in [4.78, 5) is 27.3. The number of fused-ring (bicyclic) bond motifs is 1. The number of para-hydroxylation sites is 1. The van der Waals surface area contributed by atoms with E-state index in [1.165, 1.54) is 6.92 Å². The van der Waals surface area contributed by atoms with Crippen LogP contribution in [-0.4, -0.2) is 23.0 Å². The van der Waals surface area contributed by atoms with E-state index in [4.69, 9.17) is 0 Å². The third-order valence-corrected chi connectivity index (χ3v) is 4.95. The molecule has 6 heteroatoms. The van der Waals surface area contributed by atoms with E-state index in [1.54, 1.807) is 30.5 Å². The van der Waals surface area contributed by atoms with Crippen LogP contribution in [0.5, 0.6) is 0 Å². The molecule has 0 saturated heterocycles. The average Bonchev–Trinajstić information content (AvgIpc) is 3.14. The summed E-state index contributed by atoms with van der Waals surface area (Å²) in [5, 5.41) is 7.91. The molecule has 1 aromatic heterocycles.